The quantitative estimate of drug-likeness (QED) is 0.0247. The highest BCUT2D eigenvalue weighted by atomic mass is 35.5. The minimum Gasteiger partial charge on any atom is -0.468 e. The fraction of sp³-hybridized carbons (Fsp3) is 0.179. The highest BCUT2D eigenvalue weighted by Crippen LogP contribution is 2.47. The topological polar surface area (TPSA) is 152 Å². The Bertz CT molecular complexity index is 2390. The molecule has 268 valence electrons. The smallest absolute Gasteiger partial charge is 0.468 e. The van der Waals surface area contributed by atoms with E-state index >= 15 is 0 Å². The number of fused-ring (bicyclic) bond motifs is 4. The van der Waals surface area contributed by atoms with E-state index < -0.39 is 11.1 Å². The van der Waals surface area contributed by atoms with E-state index in [9.17, 15) is 24.5 Å². The van der Waals surface area contributed by atoms with Gasteiger partial charge in [-0.15, -0.1) is 11.6 Å². The molecule has 0 saturated heterocycles. The molecule has 13 nitrogen and oxygen atoms in total. The number of benzene rings is 4. The monoisotopic (exact) mass is 734 g/mol. The Morgan fingerprint density at radius 3 is 2.43 bits per heavy atom. The zero-order valence-electron chi connectivity index (χ0n) is 28.5. The molecule has 0 unspecified atom stereocenters. The Labute approximate surface area is 307 Å². The lowest BCUT2D eigenvalue weighted by molar-refractivity contribution is -0.384. The molecular formula is C39H31ClN4O9. The van der Waals surface area contributed by atoms with Crippen LogP contribution in [0.25, 0.3) is 16.4 Å². The summed E-state index contributed by atoms with van der Waals surface area (Å²) in [6.45, 7) is 2.30. The van der Waals surface area contributed by atoms with Crippen molar-refractivity contribution in [2.75, 3.05) is 31.2 Å². The number of ketones is 1. The van der Waals surface area contributed by atoms with Gasteiger partial charge in [-0.3, -0.25) is 19.7 Å². The number of alkyl halides is 1. The Morgan fingerprint density at radius 2 is 1.72 bits per heavy atom. The first kappa shape index (κ1) is 35.1. The molecule has 0 aliphatic carbocycles. The van der Waals surface area contributed by atoms with E-state index in [2.05, 4.69) is 4.98 Å². The van der Waals surface area contributed by atoms with Crippen LogP contribution < -0.4 is 19.1 Å². The normalized spacial score (nSPS) is 13.6. The number of ether oxygens (including phenoxy) is 4. The summed E-state index contributed by atoms with van der Waals surface area (Å²) in [4.78, 5) is 56.9. The van der Waals surface area contributed by atoms with Crippen LogP contribution in [0.3, 0.4) is 0 Å². The van der Waals surface area contributed by atoms with E-state index in [1.165, 1.54) is 31.4 Å². The molecule has 0 saturated carbocycles. The third-order valence-electron chi connectivity index (χ3n) is 8.94. The number of nitro groups is 1. The standard InChI is InChI=1S/C39H31ClN4O9/c1-23-4-3-5-30-34(53-39(47)52-29-13-9-27(10-14-29)44(48)49)17-32-37(36(23)30)26(18-40)20-43(32)38(46)31-21-42-19-24(6-15-35(42)41-31)16-33(45)25-7-11-28(12-8-25)51-22-50-2/h3-15,17,19,21,26H,16,18,20,22H2,1-2H3/t26-/m1/s1. The van der Waals surface area contributed by atoms with Gasteiger partial charge in [0.1, 0.15) is 28.6 Å². The van der Waals surface area contributed by atoms with Gasteiger partial charge in [-0.1, -0.05) is 24.3 Å². The molecule has 0 fully saturated rings. The minimum absolute atomic E-state index is 0.0584. The van der Waals surface area contributed by atoms with Crippen molar-refractivity contribution < 1.29 is 38.3 Å². The van der Waals surface area contributed by atoms with Crippen molar-refractivity contribution in [1.82, 2.24) is 9.38 Å². The van der Waals surface area contributed by atoms with Crippen LogP contribution in [0, 0.1) is 17.0 Å². The number of hydrogen-bond acceptors (Lipinski definition) is 10. The molecule has 1 amide bonds. The Hall–Kier alpha value is -6.31. The first-order valence-corrected chi connectivity index (χ1v) is 17.0. The highest BCUT2D eigenvalue weighted by molar-refractivity contribution is 6.19. The first-order valence-electron chi connectivity index (χ1n) is 16.4. The molecule has 0 radical (unpaired) electrons. The number of Topliss-reactive ketones (excluding diaryl/α,β-unsaturated/α-hetero) is 1. The fourth-order valence-corrected chi connectivity index (χ4v) is 6.72. The lowest BCUT2D eigenvalue weighted by Crippen LogP contribution is -2.30. The number of pyridine rings is 1. The Kier molecular flexibility index (Phi) is 9.76. The van der Waals surface area contributed by atoms with Crippen LogP contribution in [0.4, 0.5) is 16.2 Å². The van der Waals surface area contributed by atoms with Gasteiger partial charge in [0, 0.05) is 73.4 Å². The van der Waals surface area contributed by atoms with Crippen LogP contribution in [0.5, 0.6) is 17.2 Å². The van der Waals surface area contributed by atoms with Crippen molar-refractivity contribution in [3.63, 3.8) is 0 Å². The maximum Gasteiger partial charge on any atom is 0.519 e. The molecule has 0 spiro atoms. The van der Waals surface area contributed by atoms with E-state index in [1.807, 2.05) is 25.1 Å². The van der Waals surface area contributed by atoms with Gasteiger partial charge >= 0.3 is 6.16 Å². The molecule has 3 heterocycles. The lowest BCUT2D eigenvalue weighted by Gasteiger charge is -2.19. The predicted molar refractivity (Wildman–Crippen MR) is 196 cm³/mol. The van der Waals surface area contributed by atoms with Crippen LogP contribution >= 0.6 is 11.6 Å². The van der Waals surface area contributed by atoms with E-state index in [4.69, 9.17) is 30.5 Å². The van der Waals surface area contributed by atoms with Crippen molar-refractivity contribution in [2.45, 2.75) is 19.3 Å². The summed E-state index contributed by atoms with van der Waals surface area (Å²) in [6.07, 6.45) is 2.46. The molecule has 0 N–H and O–H groups in total. The van der Waals surface area contributed by atoms with Gasteiger partial charge in [-0.25, -0.2) is 9.78 Å². The molecule has 4 aromatic carbocycles. The Morgan fingerprint density at radius 1 is 0.962 bits per heavy atom. The Balaban J connectivity index is 1.15. The summed E-state index contributed by atoms with van der Waals surface area (Å²) < 4.78 is 23.0. The third-order valence-corrected chi connectivity index (χ3v) is 9.32. The molecular weight excluding hydrogens is 704 g/mol. The number of amides is 1. The summed E-state index contributed by atoms with van der Waals surface area (Å²) in [5.74, 6) is 0.337. The van der Waals surface area contributed by atoms with Gasteiger partial charge in [0.05, 0.1) is 10.6 Å². The van der Waals surface area contributed by atoms with Gasteiger partial charge in [-0.05, 0) is 71.5 Å². The van der Waals surface area contributed by atoms with Gasteiger partial charge < -0.3 is 28.2 Å². The summed E-state index contributed by atoms with van der Waals surface area (Å²) in [5.41, 5.74) is 4.06. The fourth-order valence-electron chi connectivity index (χ4n) is 6.47. The number of aromatic nitrogens is 2. The lowest BCUT2D eigenvalue weighted by atomic mass is 9.92. The number of nitrogens with zero attached hydrogens (tertiary/aromatic N) is 4. The zero-order valence-corrected chi connectivity index (χ0v) is 29.2. The first-order chi connectivity index (χ1) is 25.6. The van der Waals surface area contributed by atoms with E-state index in [1.54, 1.807) is 64.2 Å². The van der Waals surface area contributed by atoms with Crippen molar-refractivity contribution in [3.8, 4) is 17.2 Å². The number of imidazole rings is 1. The second-order valence-corrected chi connectivity index (χ2v) is 12.7. The van der Waals surface area contributed by atoms with Crippen LogP contribution in [-0.4, -0.2) is 58.5 Å². The molecule has 1 aliphatic heterocycles. The molecule has 0 bridgehead atoms. The van der Waals surface area contributed by atoms with Crippen LogP contribution in [0.2, 0.25) is 0 Å². The molecule has 1 atom stereocenters. The average molecular weight is 735 g/mol. The van der Waals surface area contributed by atoms with Gasteiger partial charge in [0.2, 0.25) is 0 Å². The predicted octanol–water partition coefficient (Wildman–Crippen LogP) is 7.67. The summed E-state index contributed by atoms with van der Waals surface area (Å²) >= 11 is 6.50. The zero-order chi connectivity index (χ0) is 37.2. The van der Waals surface area contributed by atoms with Crippen molar-refractivity contribution in [3.05, 3.63) is 135 Å². The van der Waals surface area contributed by atoms with Gasteiger partial charge in [-0.2, -0.15) is 0 Å². The van der Waals surface area contributed by atoms with Gasteiger partial charge in [0.15, 0.2) is 12.6 Å². The van der Waals surface area contributed by atoms with Crippen molar-refractivity contribution in [2.24, 2.45) is 0 Å². The van der Waals surface area contributed by atoms with Crippen LogP contribution in [-0.2, 0) is 11.2 Å². The maximum absolute atomic E-state index is 14.2. The van der Waals surface area contributed by atoms with Crippen molar-refractivity contribution >= 4 is 57.2 Å². The number of hydrogen-bond donors (Lipinski definition) is 0. The third kappa shape index (κ3) is 7.12. The number of non-ortho nitro benzene ring substituents is 1. The molecule has 2 aromatic heterocycles. The summed E-state index contributed by atoms with van der Waals surface area (Å²) in [6, 6.07) is 22.6. The van der Waals surface area contributed by atoms with E-state index in [0.29, 0.717) is 28.0 Å². The number of anilines is 1. The number of nitro benzene ring substituents is 1. The van der Waals surface area contributed by atoms with E-state index in [0.717, 1.165) is 22.1 Å². The second-order valence-electron chi connectivity index (χ2n) is 12.4. The molecule has 14 heteroatoms. The van der Waals surface area contributed by atoms with Crippen LogP contribution in [0.15, 0.2) is 97.3 Å². The number of methoxy groups -OCH3 is 1. The van der Waals surface area contributed by atoms with E-state index in [-0.39, 0.29) is 66.1 Å². The molecule has 7 rings (SSSR count). The van der Waals surface area contributed by atoms with Crippen molar-refractivity contribution in [1.29, 1.82) is 0 Å². The summed E-state index contributed by atoms with van der Waals surface area (Å²) in [7, 11) is 1.53. The van der Waals surface area contributed by atoms with Gasteiger partial charge in [0.25, 0.3) is 11.6 Å². The maximum atomic E-state index is 14.2. The minimum atomic E-state index is -1.06. The SMILES string of the molecule is COCOc1ccc(C(=O)Cc2ccc3nc(C(=O)N4C[C@@H](CCl)c5c4cc(OC(=O)Oc4ccc([N+](=O)[O-])cc4)c4cccc(C)c54)cn3c2)cc1. The summed E-state index contributed by atoms with van der Waals surface area (Å²) in [5, 5.41) is 12.4. The molecule has 1 aliphatic rings. The second kappa shape index (κ2) is 14.7. The highest BCUT2D eigenvalue weighted by Gasteiger charge is 2.36. The van der Waals surface area contributed by atoms with Crippen LogP contribution in [0.1, 0.15) is 43.5 Å². The number of rotatable bonds is 11. The average Bonchev–Trinajstić information content (AvgIpc) is 3.75. The number of aryl methyl sites for hydroxylation is 1. The number of carbonyl (C=O) groups is 3. The largest absolute Gasteiger partial charge is 0.519 e. The molecule has 6 aromatic rings. The number of carbonyl (C=O) groups excluding carboxylic acids is 3. The molecule has 53 heavy (non-hydrogen) atoms. The number of halogens is 1.